The molecule has 0 saturated carbocycles. The molecule has 0 spiro atoms. The molecule has 1 aromatic heterocycles. The van der Waals surface area contributed by atoms with Crippen molar-refractivity contribution in [3.63, 3.8) is 0 Å². The van der Waals surface area contributed by atoms with E-state index in [2.05, 4.69) is 31.2 Å². The summed E-state index contributed by atoms with van der Waals surface area (Å²) in [5, 5.41) is 11.5. The summed E-state index contributed by atoms with van der Waals surface area (Å²) in [4.78, 5) is 0. The number of aromatic amines is 1. The van der Waals surface area contributed by atoms with Gasteiger partial charge in [0.25, 0.3) is 0 Å². The topological polar surface area (TPSA) is 64.4 Å². The van der Waals surface area contributed by atoms with Crippen LogP contribution in [-0.2, 0) is 0 Å². The van der Waals surface area contributed by atoms with Crippen molar-refractivity contribution in [1.29, 1.82) is 0 Å². The van der Waals surface area contributed by atoms with Gasteiger partial charge in [-0.2, -0.15) is 14.9 Å². The van der Waals surface area contributed by atoms with Crippen molar-refractivity contribution in [2.45, 2.75) is 0 Å². The Morgan fingerprint density at radius 2 is 1.92 bits per heavy atom. The molecule has 8 heteroatoms. The molecule has 128 valence electrons. The smallest absolute Gasteiger partial charge is 0.216 e. The minimum atomic E-state index is 0.412. The first-order valence-corrected chi connectivity index (χ1v) is 8.52. The summed E-state index contributed by atoms with van der Waals surface area (Å²) in [7, 11) is 3.25. The number of hydrogen-bond donors (Lipinski definition) is 1. The number of halogens is 1. The molecule has 25 heavy (non-hydrogen) atoms. The molecular weight excluding hydrogens is 404 g/mol. The van der Waals surface area contributed by atoms with Gasteiger partial charge in [-0.1, -0.05) is 0 Å². The average Bonchev–Trinajstić information content (AvgIpc) is 3.00. The highest BCUT2D eigenvalue weighted by molar-refractivity contribution is 9.10. The first-order chi connectivity index (χ1) is 12.1. The third kappa shape index (κ3) is 3.80. The van der Waals surface area contributed by atoms with E-state index < -0.39 is 0 Å². The highest BCUT2D eigenvalue weighted by atomic mass is 79.9. The first kappa shape index (κ1) is 17.4. The molecule has 1 N–H and O–H groups in total. The first-order valence-electron chi connectivity index (χ1n) is 7.32. The van der Waals surface area contributed by atoms with Gasteiger partial charge >= 0.3 is 0 Å². The summed E-state index contributed by atoms with van der Waals surface area (Å²) in [5.41, 5.74) is 1.78. The third-order valence-corrected chi connectivity index (χ3v) is 4.38. The second-order valence-electron chi connectivity index (χ2n) is 5.03. The monoisotopic (exact) mass is 418 g/mol. The van der Waals surface area contributed by atoms with Crippen LogP contribution in [0.25, 0.3) is 11.4 Å². The van der Waals surface area contributed by atoms with Crippen LogP contribution in [0.1, 0.15) is 5.56 Å². The Morgan fingerprint density at radius 1 is 1.16 bits per heavy atom. The molecule has 0 aliphatic carbocycles. The third-order valence-electron chi connectivity index (χ3n) is 3.50. The Morgan fingerprint density at radius 3 is 2.56 bits per heavy atom. The molecule has 2 aromatic carbocycles. The minimum Gasteiger partial charge on any atom is -0.497 e. The number of H-pyrrole nitrogens is 1. The van der Waals surface area contributed by atoms with Crippen molar-refractivity contribution in [1.82, 2.24) is 14.9 Å². The Kier molecular flexibility index (Phi) is 5.30. The van der Waals surface area contributed by atoms with E-state index in [9.17, 15) is 0 Å². The SMILES string of the molecule is COc1ccc(-c2n[nH]c(=S)n2/N=C/c2ccc(OC)c(Br)c2)cc1. The van der Waals surface area contributed by atoms with Crippen LogP contribution in [-0.4, -0.2) is 35.3 Å². The fourth-order valence-corrected chi connectivity index (χ4v) is 2.95. The van der Waals surface area contributed by atoms with Crippen LogP contribution in [0.5, 0.6) is 11.5 Å². The van der Waals surface area contributed by atoms with Crippen LogP contribution < -0.4 is 9.47 Å². The molecule has 0 atom stereocenters. The molecule has 0 saturated heterocycles. The molecule has 0 aliphatic rings. The summed E-state index contributed by atoms with van der Waals surface area (Å²) in [6, 6.07) is 13.2. The van der Waals surface area contributed by atoms with Crippen LogP contribution in [0.2, 0.25) is 0 Å². The van der Waals surface area contributed by atoms with Crippen molar-refractivity contribution in [2.24, 2.45) is 5.10 Å². The Bertz CT molecular complexity index is 964. The van der Waals surface area contributed by atoms with E-state index in [0.717, 1.165) is 27.1 Å². The van der Waals surface area contributed by atoms with Crippen LogP contribution in [0.15, 0.2) is 52.0 Å². The summed E-state index contributed by atoms with van der Waals surface area (Å²) in [6.45, 7) is 0. The minimum absolute atomic E-state index is 0.412. The number of ether oxygens (including phenoxy) is 2. The number of aromatic nitrogens is 3. The Balaban J connectivity index is 1.93. The van der Waals surface area contributed by atoms with Crippen molar-refractivity contribution in [2.75, 3.05) is 14.2 Å². The van der Waals surface area contributed by atoms with E-state index in [4.69, 9.17) is 21.7 Å². The lowest BCUT2D eigenvalue weighted by atomic mass is 10.2. The molecule has 1 heterocycles. The largest absolute Gasteiger partial charge is 0.497 e. The zero-order chi connectivity index (χ0) is 17.8. The van der Waals surface area contributed by atoms with Crippen LogP contribution >= 0.6 is 28.1 Å². The lowest BCUT2D eigenvalue weighted by Gasteiger charge is -2.04. The number of nitrogens with zero attached hydrogens (tertiary/aromatic N) is 3. The van der Waals surface area contributed by atoms with E-state index in [1.807, 2.05) is 42.5 Å². The van der Waals surface area contributed by atoms with Gasteiger partial charge in [0, 0.05) is 5.56 Å². The summed E-state index contributed by atoms with van der Waals surface area (Å²) in [6.07, 6.45) is 1.71. The quantitative estimate of drug-likeness (QED) is 0.496. The van der Waals surface area contributed by atoms with Crippen molar-refractivity contribution >= 4 is 34.4 Å². The van der Waals surface area contributed by atoms with Crippen LogP contribution in [0, 0.1) is 4.77 Å². The molecule has 0 aliphatic heterocycles. The van der Waals surface area contributed by atoms with E-state index in [1.54, 1.807) is 25.1 Å². The van der Waals surface area contributed by atoms with E-state index in [1.165, 1.54) is 0 Å². The molecule has 3 aromatic rings. The maximum absolute atomic E-state index is 5.28. The fourth-order valence-electron chi connectivity index (χ4n) is 2.21. The normalized spacial score (nSPS) is 11.0. The second kappa shape index (κ2) is 7.62. The predicted molar refractivity (Wildman–Crippen MR) is 103 cm³/mol. The van der Waals surface area contributed by atoms with Gasteiger partial charge < -0.3 is 9.47 Å². The number of methoxy groups -OCH3 is 2. The van der Waals surface area contributed by atoms with Gasteiger partial charge in [-0.15, -0.1) is 0 Å². The maximum atomic E-state index is 5.28. The van der Waals surface area contributed by atoms with Crippen LogP contribution in [0.3, 0.4) is 0 Å². The van der Waals surface area contributed by atoms with Crippen LogP contribution in [0.4, 0.5) is 0 Å². The summed E-state index contributed by atoms with van der Waals surface area (Å²) in [5.74, 6) is 2.16. The van der Waals surface area contributed by atoms with Gasteiger partial charge in [0.05, 0.1) is 24.9 Å². The molecule has 0 bridgehead atoms. The number of nitrogens with one attached hydrogen (secondary N) is 1. The number of benzene rings is 2. The van der Waals surface area contributed by atoms with Gasteiger partial charge in [0.2, 0.25) is 4.77 Å². The predicted octanol–water partition coefficient (Wildman–Crippen LogP) is 4.27. The van der Waals surface area contributed by atoms with Gasteiger partial charge in [0.1, 0.15) is 11.5 Å². The highest BCUT2D eigenvalue weighted by Gasteiger charge is 2.08. The highest BCUT2D eigenvalue weighted by Crippen LogP contribution is 2.25. The zero-order valence-corrected chi connectivity index (χ0v) is 16.0. The molecule has 0 radical (unpaired) electrons. The number of rotatable bonds is 5. The van der Waals surface area contributed by atoms with Gasteiger partial charge in [-0.3, -0.25) is 0 Å². The zero-order valence-electron chi connectivity index (χ0n) is 13.6. The number of hydrogen-bond acceptors (Lipinski definition) is 5. The van der Waals surface area contributed by atoms with E-state index in [0.29, 0.717) is 10.6 Å². The average molecular weight is 419 g/mol. The summed E-state index contributed by atoms with van der Waals surface area (Å²) >= 11 is 8.74. The molecule has 3 rings (SSSR count). The lowest BCUT2D eigenvalue weighted by Crippen LogP contribution is -1.95. The van der Waals surface area contributed by atoms with E-state index in [-0.39, 0.29) is 0 Å². The molecule has 0 fully saturated rings. The maximum Gasteiger partial charge on any atom is 0.216 e. The van der Waals surface area contributed by atoms with E-state index >= 15 is 0 Å². The summed E-state index contributed by atoms with van der Waals surface area (Å²) < 4.78 is 13.2. The lowest BCUT2D eigenvalue weighted by molar-refractivity contribution is 0.412. The molecule has 6 nitrogen and oxygen atoms in total. The Hall–Kier alpha value is -2.45. The molecule has 0 amide bonds. The molecular formula is C17H15BrN4O2S. The van der Waals surface area contributed by atoms with Crippen molar-refractivity contribution in [3.8, 4) is 22.9 Å². The van der Waals surface area contributed by atoms with Gasteiger partial charge in [-0.05, 0) is 76.2 Å². The van der Waals surface area contributed by atoms with Crippen molar-refractivity contribution in [3.05, 3.63) is 57.3 Å². The fraction of sp³-hybridized carbons (Fsp3) is 0.118. The van der Waals surface area contributed by atoms with Crippen molar-refractivity contribution < 1.29 is 9.47 Å². The van der Waals surface area contributed by atoms with Gasteiger partial charge in [0.15, 0.2) is 5.82 Å². The Labute approximate surface area is 158 Å². The standard InChI is InChI=1S/C17H15BrN4O2S/c1-23-13-6-4-12(5-7-13)16-20-21-17(25)22(16)19-10-11-3-8-15(24-2)14(18)9-11/h3-10H,1-2H3,(H,21,25)/b19-10+. The molecule has 0 unspecified atom stereocenters. The van der Waals surface area contributed by atoms with Gasteiger partial charge in [-0.25, -0.2) is 5.10 Å². The second-order valence-corrected chi connectivity index (χ2v) is 6.27.